The van der Waals surface area contributed by atoms with Gasteiger partial charge in [0, 0.05) is 11.1 Å². The van der Waals surface area contributed by atoms with Gasteiger partial charge in [-0.05, 0) is 53.9 Å². The molecule has 3 rings (SSSR count). The van der Waals surface area contributed by atoms with Crippen LogP contribution in [0.2, 0.25) is 5.02 Å². The van der Waals surface area contributed by atoms with E-state index in [4.69, 9.17) is 21.1 Å². The number of benzene rings is 2. The molecule has 0 saturated carbocycles. The Bertz CT molecular complexity index is 1030. The minimum atomic E-state index is -0.394. The van der Waals surface area contributed by atoms with Crippen LogP contribution in [0.25, 0.3) is 6.08 Å². The third-order valence-corrected chi connectivity index (χ3v) is 4.79. The predicted molar refractivity (Wildman–Crippen MR) is 119 cm³/mol. The van der Waals surface area contributed by atoms with Crippen molar-refractivity contribution < 1.29 is 18.7 Å². The van der Waals surface area contributed by atoms with Gasteiger partial charge < -0.3 is 9.47 Å². The van der Waals surface area contributed by atoms with Crippen LogP contribution < -0.4 is 4.74 Å². The quantitative estimate of drug-likeness (QED) is 0.366. The van der Waals surface area contributed by atoms with Crippen LogP contribution in [0.4, 0.5) is 4.39 Å². The lowest BCUT2D eigenvalue weighted by molar-refractivity contribution is -0.149. The number of carbonyl (C=O) groups excluding carboxylic acids is 1. The topological polar surface area (TPSA) is 48.4 Å². The molecule has 1 heterocycles. The van der Waals surface area contributed by atoms with Gasteiger partial charge in [-0.3, -0.25) is 4.79 Å². The van der Waals surface area contributed by atoms with Gasteiger partial charge in [-0.15, -0.1) is 0 Å². The van der Waals surface area contributed by atoms with Crippen molar-refractivity contribution in [3.63, 3.8) is 0 Å². The molecule has 4 nitrogen and oxygen atoms in total. The number of hydrogen-bond donors (Lipinski definition) is 0. The van der Waals surface area contributed by atoms with Gasteiger partial charge in [0.05, 0.1) is 11.6 Å². The lowest BCUT2D eigenvalue weighted by Crippen LogP contribution is -2.21. The van der Waals surface area contributed by atoms with Crippen LogP contribution in [0.3, 0.4) is 0 Å². The van der Waals surface area contributed by atoms with Crippen LogP contribution in [0.5, 0.6) is 11.6 Å². The van der Waals surface area contributed by atoms with E-state index in [1.165, 1.54) is 24.3 Å². The van der Waals surface area contributed by atoms with Gasteiger partial charge in [-0.1, -0.05) is 55.8 Å². The SMILES string of the molecule is CC(C)C(/C=C/c1ccc(Cl)cc1)C(=O)OCc1cccc(Oc2ccc(F)cc2)n1. The summed E-state index contributed by atoms with van der Waals surface area (Å²) in [6.07, 6.45) is 3.73. The summed E-state index contributed by atoms with van der Waals surface area (Å²) in [6, 6.07) is 18.2. The summed E-state index contributed by atoms with van der Waals surface area (Å²) in [4.78, 5) is 17.0. The van der Waals surface area contributed by atoms with Crippen molar-refractivity contribution >= 4 is 23.6 Å². The second kappa shape index (κ2) is 10.7. The lowest BCUT2D eigenvalue weighted by atomic mass is 9.95. The molecule has 0 aliphatic carbocycles. The number of pyridine rings is 1. The second-order valence-corrected chi connectivity index (χ2v) is 7.75. The number of rotatable bonds is 8. The summed E-state index contributed by atoms with van der Waals surface area (Å²) in [5.74, 6) is -0.192. The molecule has 3 aromatic rings. The highest BCUT2D eigenvalue weighted by Crippen LogP contribution is 2.21. The fourth-order valence-corrected chi connectivity index (χ4v) is 2.95. The van der Waals surface area contributed by atoms with Crippen LogP contribution in [-0.2, 0) is 16.1 Å². The number of hydrogen-bond acceptors (Lipinski definition) is 4. The third-order valence-electron chi connectivity index (χ3n) is 4.54. The van der Waals surface area contributed by atoms with Crippen LogP contribution in [-0.4, -0.2) is 11.0 Å². The average Bonchev–Trinajstić information content (AvgIpc) is 2.75. The zero-order chi connectivity index (χ0) is 22.2. The lowest BCUT2D eigenvalue weighted by Gasteiger charge is -2.16. The first-order valence-electron chi connectivity index (χ1n) is 9.90. The van der Waals surface area contributed by atoms with Crippen LogP contribution >= 0.6 is 11.6 Å². The number of nitrogens with zero attached hydrogens (tertiary/aromatic N) is 1. The predicted octanol–water partition coefficient (Wildman–Crippen LogP) is 6.70. The molecule has 31 heavy (non-hydrogen) atoms. The Hall–Kier alpha value is -3.18. The largest absolute Gasteiger partial charge is 0.459 e. The molecule has 0 N–H and O–H groups in total. The summed E-state index contributed by atoms with van der Waals surface area (Å²) < 4.78 is 24.1. The zero-order valence-electron chi connectivity index (χ0n) is 17.3. The summed E-state index contributed by atoms with van der Waals surface area (Å²) in [5, 5.41) is 0.662. The summed E-state index contributed by atoms with van der Waals surface area (Å²) in [7, 11) is 0. The van der Waals surface area contributed by atoms with Crippen LogP contribution in [0.1, 0.15) is 25.1 Å². The Kier molecular flexibility index (Phi) is 7.79. The van der Waals surface area contributed by atoms with E-state index in [0.717, 1.165) is 5.56 Å². The van der Waals surface area contributed by atoms with Crippen molar-refractivity contribution in [3.8, 4) is 11.6 Å². The van der Waals surface area contributed by atoms with Crippen molar-refractivity contribution in [2.75, 3.05) is 0 Å². The standard InChI is InChI=1S/C25H23ClFNO3/c1-17(2)23(15-8-18-6-9-19(26)10-7-18)25(29)30-16-21-4-3-5-24(28-21)31-22-13-11-20(27)12-14-22/h3-15,17,23H,16H2,1-2H3/b15-8+. The Morgan fingerprint density at radius 2 is 1.77 bits per heavy atom. The molecule has 0 aliphatic heterocycles. The highest BCUT2D eigenvalue weighted by atomic mass is 35.5. The molecule has 160 valence electrons. The van der Waals surface area contributed by atoms with E-state index < -0.39 is 5.92 Å². The molecule has 0 aliphatic rings. The maximum absolute atomic E-state index is 13.0. The number of ether oxygens (including phenoxy) is 2. The first-order chi connectivity index (χ1) is 14.9. The number of esters is 1. The van der Waals surface area contributed by atoms with Gasteiger partial charge in [0.25, 0.3) is 0 Å². The minimum absolute atomic E-state index is 0.0253. The number of aromatic nitrogens is 1. The maximum atomic E-state index is 13.0. The van der Waals surface area contributed by atoms with Crippen molar-refractivity contribution in [1.29, 1.82) is 0 Å². The van der Waals surface area contributed by atoms with E-state index in [9.17, 15) is 9.18 Å². The van der Waals surface area contributed by atoms with Gasteiger partial charge in [0.2, 0.25) is 5.88 Å². The minimum Gasteiger partial charge on any atom is -0.459 e. The molecule has 0 fully saturated rings. The normalized spacial score (nSPS) is 12.2. The van der Waals surface area contributed by atoms with Gasteiger partial charge >= 0.3 is 5.97 Å². The third kappa shape index (κ3) is 6.93. The number of carbonyl (C=O) groups is 1. The molecular weight excluding hydrogens is 417 g/mol. The molecule has 1 atom stereocenters. The van der Waals surface area contributed by atoms with Gasteiger partial charge in [-0.2, -0.15) is 0 Å². The molecule has 0 spiro atoms. The van der Waals surface area contributed by atoms with E-state index in [1.807, 2.05) is 38.1 Å². The highest BCUT2D eigenvalue weighted by Gasteiger charge is 2.21. The van der Waals surface area contributed by atoms with Gasteiger partial charge in [0.15, 0.2) is 0 Å². The van der Waals surface area contributed by atoms with E-state index in [2.05, 4.69) is 4.98 Å². The van der Waals surface area contributed by atoms with Crippen LogP contribution in [0, 0.1) is 17.7 Å². The van der Waals surface area contributed by atoms with Crippen molar-refractivity contribution in [2.24, 2.45) is 11.8 Å². The van der Waals surface area contributed by atoms with Crippen molar-refractivity contribution in [3.05, 3.63) is 94.9 Å². The fraction of sp³-hybridized carbons (Fsp3) is 0.200. The summed E-state index contributed by atoms with van der Waals surface area (Å²) >= 11 is 5.91. The van der Waals surface area contributed by atoms with Crippen LogP contribution in [0.15, 0.2) is 72.8 Å². The molecule has 6 heteroatoms. The van der Waals surface area contributed by atoms with Gasteiger partial charge in [-0.25, -0.2) is 9.37 Å². The summed E-state index contributed by atoms with van der Waals surface area (Å²) in [5.41, 5.74) is 1.51. The molecule has 1 aromatic heterocycles. The van der Waals surface area contributed by atoms with Gasteiger partial charge in [0.1, 0.15) is 18.2 Å². The maximum Gasteiger partial charge on any atom is 0.313 e. The monoisotopic (exact) mass is 439 g/mol. The Balaban J connectivity index is 1.61. The first-order valence-corrected chi connectivity index (χ1v) is 10.3. The van der Waals surface area contributed by atoms with E-state index in [0.29, 0.717) is 22.3 Å². The Morgan fingerprint density at radius 1 is 1.06 bits per heavy atom. The highest BCUT2D eigenvalue weighted by molar-refractivity contribution is 6.30. The molecule has 0 amide bonds. The van der Waals surface area contributed by atoms with Crippen molar-refractivity contribution in [1.82, 2.24) is 4.98 Å². The summed E-state index contributed by atoms with van der Waals surface area (Å²) in [6.45, 7) is 3.96. The fourth-order valence-electron chi connectivity index (χ4n) is 2.82. The molecule has 0 saturated heterocycles. The first kappa shape index (κ1) is 22.5. The Labute approximate surface area is 186 Å². The second-order valence-electron chi connectivity index (χ2n) is 7.31. The molecule has 0 bridgehead atoms. The molecule has 1 unspecified atom stereocenters. The molecule has 2 aromatic carbocycles. The smallest absolute Gasteiger partial charge is 0.313 e. The van der Waals surface area contributed by atoms with E-state index in [-0.39, 0.29) is 24.3 Å². The number of halogens is 2. The average molecular weight is 440 g/mol. The van der Waals surface area contributed by atoms with E-state index in [1.54, 1.807) is 30.3 Å². The Morgan fingerprint density at radius 3 is 2.45 bits per heavy atom. The molecular formula is C25H23ClFNO3. The molecule has 0 radical (unpaired) electrons. The van der Waals surface area contributed by atoms with Crippen molar-refractivity contribution in [2.45, 2.75) is 20.5 Å². The zero-order valence-corrected chi connectivity index (χ0v) is 18.1. The van der Waals surface area contributed by atoms with E-state index >= 15 is 0 Å².